The quantitative estimate of drug-likeness (QED) is 0.474. The molecular formula is C25H22F4N4O. The van der Waals surface area contributed by atoms with E-state index in [-0.39, 0.29) is 22.8 Å². The molecule has 3 heterocycles. The van der Waals surface area contributed by atoms with Crippen molar-refractivity contribution in [2.45, 2.75) is 44.3 Å². The van der Waals surface area contributed by atoms with Crippen molar-refractivity contribution in [3.05, 3.63) is 77.6 Å². The van der Waals surface area contributed by atoms with Gasteiger partial charge in [-0.05, 0) is 61.8 Å². The van der Waals surface area contributed by atoms with Crippen LogP contribution in [0.2, 0.25) is 0 Å². The molecule has 1 spiro atoms. The molecule has 1 aromatic carbocycles. The van der Waals surface area contributed by atoms with Crippen LogP contribution in [0, 0.1) is 11.2 Å². The number of halogens is 4. The molecule has 1 aliphatic carbocycles. The van der Waals surface area contributed by atoms with E-state index < -0.39 is 23.5 Å². The molecule has 2 aliphatic rings. The topological polar surface area (TPSA) is 59.0 Å². The third kappa shape index (κ3) is 4.38. The highest BCUT2D eigenvalue weighted by Gasteiger charge is 2.53. The number of alkyl halides is 3. The molecule has 5 nitrogen and oxygen atoms in total. The number of carbonyl (C=O) groups is 1. The predicted octanol–water partition coefficient (Wildman–Crippen LogP) is 5.32. The summed E-state index contributed by atoms with van der Waals surface area (Å²) in [5, 5.41) is 0. The second-order valence-electron chi connectivity index (χ2n) is 9.10. The number of pyridine rings is 1. The molecule has 0 unspecified atom stereocenters. The highest BCUT2D eigenvalue weighted by Crippen LogP contribution is 2.55. The van der Waals surface area contributed by atoms with Crippen molar-refractivity contribution in [3.8, 4) is 11.4 Å². The fraction of sp³-hybridized carbons (Fsp3) is 0.360. The molecule has 1 saturated heterocycles. The monoisotopic (exact) mass is 470 g/mol. The van der Waals surface area contributed by atoms with Crippen LogP contribution in [0.15, 0.2) is 55.0 Å². The van der Waals surface area contributed by atoms with Gasteiger partial charge in [0.2, 0.25) is 0 Å². The average molecular weight is 470 g/mol. The van der Waals surface area contributed by atoms with E-state index in [1.54, 1.807) is 17.0 Å². The van der Waals surface area contributed by atoms with Crippen LogP contribution in [0.3, 0.4) is 0 Å². The van der Waals surface area contributed by atoms with Crippen LogP contribution >= 0.6 is 0 Å². The lowest BCUT2D eigenvalue weighted by Crippen LogP contribution is -2.37. The van der Waals surface area contributed by atoms with E-state index >= 15 is 0 Å². The smallest absolute Gasteiger partial charge is 0.335 e. The zero-order valence-corrected chi connectivity index (χ0v) is 18.2. The van der Waals surface area contributed by atoms with Crippen LogP contribution in [0.5, 0.6) is 0 Å². The van der Waals surface area contributed by atoms with Crippen LogP contribution in [-0.2, 0) is 12.6 Å². The van der Waals surface area contributed by atoms with E-state index in [4.69, 9.17) is 0 Å². The van der Waals surface area contributed by atoms with Gasteiger partial charge < -0.3 is 4.90 Å². The third-order valence-corrected chi connectivity index (χ3v) is 6.74. The first-order valence-electron chi connectivity index (χ1n) is 11.1. The maximum atomic E-state index is 15.0. The first kappa shape index (κ1) is 22.4. The Kier molecular flexibility index (Phi) is 5.58. The Morgan fingerprint density at radius 1 is 1.06 bits per heavy atom. The maximum Gasteiger partial charge on any atom is 0.416 e. The molecule has 9 heteroatoms. The fourth-order valence-electron chi connectivity index (χ4n) is 4.81. The summed E-state index contributed by atoms with van der Waals surface area (Å²) in [6, 6.07) is 7.80. The molecule has 1 atom stereocenters. The van der Waals surface area contributed by atoms with Crippen molar-refractivity contribution in [3.63, 3.8) is 0 Å². The van der Waals surface area contributed by atoms with Gasteiger partial charge in [-0.15, -0.1) is 0 Å². The molecule has 0 N–H and O–H groups in total. The van der Waals surface area contributed by atoms with Crippen LogP contribution in [0.4, 0.5) is 17.6 Å². The SMILES string of the molecule is O=C(c1c(F)cccc1-c1ncccn1)N1CC2(CC2)C[C@H]1CCc1cc(C(F)(F)F)ccn1. The summed E-state index contributed by atoms with van der Waals surface area (Å²) in [7, 11) is 0. The molecule has 0 bridgehead atoms. The second-order valence-corrected chi connectivity index (χ2v) is 9.10. The highest BCUT2D eigenvalue weighted by molar-refractivity contribution is 6.00. The van der Waals surface area contributed by atoms with E-state index in [9.17, 15) is 22.4 Å². The number of aromatic nitrogens is 3. The lowest BCUT2D eigenvalue weighted by atomic mass is 9.99. The largest absolute Gasteiger partial charge is 0.416 e. The van der Waals surface area contributed by atoms with Crippen LogP contribution < -0.4 is 0 Å². The molecule has 1 saturated carbocycles. The highest BCUT2D eigenvalue weighted by atomic mass is 19.4. The number of benzene rings is 1. The summed E-state index contributed by atoms with van der Waals surface area (Å²) in [5.41, 5.74) is -0.150. The van der Waals surface area contributed by atoms with Crippen molar-refractivity contribution in [2.75, 3.05) is 6.54 Å². The minimum atomic E-state index is -4.44. The summed E-state index contributed by atoms with van der Waals surface area (Å²) >= 11 is 0. The first-order valence-corrected chi connectivity index (χ1v) is 11.1. The molecule has 5 rings (SSSR count). The molecule has 2 aromatic heterocycles. The van der Waals surface area contributed by atoms with E-state index in [0.717, 1.165) is 37.6 Å². The van der Waals surface area contributed by atoms with Gasteiger partial charge in [0.25, 0.3) is 5.91 Å². The van der Waals surface area contributed by atoms with Crippen molar-refractivity contribution in [1.82, 2.24) is 19.9 Å². The van der Waals surface area contributed by atoms with Crippen molar-refractivity contribution in [2.24, 2.45) is 5.41 Å². The Morgan fingerprint density at radius 3 is 2.53 bits per heavy atom. The molecule has 0 radical (unpaired) electrons. The number of hydrogen-bond donors (Lipinski definition) is 0. The summed E-state index contributed by atoms with van der Waals surface area (Å²) in [4.78, 5) is 27.8. The third-order valence-electron chi connectivity index (χ3n) is 6.74. The maximum absolute atomic E-state index is 15.0. The predicted molar refractivity (Wildman–Crippen MR) is 116 cm³/mol. The average Bonchev–Trinajstić information content (AvgIpc) is 3.48. The summed E-state index contributed by atoms with van der Waals surface area (Å²) < 4.78 is 54.2. The van der Waals surface area contributed by atoms with Gasteiger partial charge in [-0.2, -0.15) is 13.2 Å². The van der Waals surface area contributed by atoms with Crippen LogP contribution in [0.1, 0.15) is 47.3 Å². The van der Waals surface area contributed by atoms with Crippen molar-refractivity contribution < 1.29 is 22.4 Å². The number of amides is 1. The lowest BCUT2D eigenvalue weighted by Gasteiger charge is -2.26. The number of rotatable bonds is 5. The Morgan fingerprint density at radius 2 is 1.82 bits per heavy atom. The molecule has 34 heavy (non-hydrogen) atoms. The number of hydrogen-bond acceptors (Lipinski definition) is 4. The Labute approximate surface area is 193 Å². The van der Waals surface area contributed by atoms with Gasteiger partial charge >= 0.3 is 6.18 Å². The minimum Gasteiger partial charge on any atom is -0.335 e. The molecule has 1 aliphatic heterocycles. The molecule has 3 aromatic rings. The van der Waals surface area contributed by atoms with Gasteiger partial charge in [-0.3, -0.25) is 9.78 Å². The number of nitrogens with zero attached hydrogens (tertiary/aromatic N) is 4. The van der Waals surface area contributed by atoms with Gasteiger partial charge in [0.05, 0.1) is 11.1 Å². The molecule has 2 fully saturated rings. The van der Waals surface area contributed by atoms with E-state index in [2.05, 4.69) is 15.0 Å². The van der Waals surface area contributed by atoms with E-state index in [1.165, 1.54) is 24.5 Å². The minimum absolute atomic E-state index is 0.0240. The standard InChI is InChI=1S/C25H22F4N4O/c26-20-4-1-3-19(22-31-10-2-11-32-22)21(20)23(34)33-15-24(8-9-24)14-18(33)6-5-17-13-16(7-12-30-17)25(27,28)29/h1-4,7,10-13,18H,5-6,8-9,14-15H2/t18-/m1/s1. The van der Waals surface area contributed by atoms with Crippen LogP contribution in [0.25, 0.3) is 11.4 Å². The van der Waals surface area contributed by atoms with E-state index in [0.29, 0.717) is 30.6 Å². The van der Waals surface area contributed by atoms with Gasteiger partial charge in [0, 0.05) is 42.4 Å². The Bertz CT molecular complexity index is 1210. The first-order chi connectivity index (χ1) is 16.3. The summed E-state index contributed by atoms with van der Waals surface area (Å²) in [6.07, 6.45) is 3.25. The Hall–Kier alpha value is -3.36. The summed E-state index contributed by atoms with van der Waals surface area (Å²) in [5.74, 6) is -0.827. The zero-order chi connectivity index (χ0) is 23.9. The summed E-state index contributed by atoms with van der Waals surface area (Å²) in [6.45, 7) is 0.510. The van der Waals surface area contributed by atoms with Crippen molar-refractivity contribution >= 4 is 5.91 Å². The molecule has 176 valence electrons. The number of carbonyl (C=O) groups excluding carboxylic acids is 1. The van der Waals surface area contributed by atoms with Gasteiger partial charge in [0.1, 0.15) is 5.82 Å². The van der Waals surface area contributed by atoms with Gasteiger partial charge in [-0.1, -0.05) is 12.1 Å². The lowest BCUT2D eigenvalue weighted by molar-refractivity contribution is -0.137. The van der Waals surface area contributed by atoms with Gasteiger partial charge in [0.15, 0.2) is 5.82 Å². The number of aryl methyl sites for hydroxylation is 1. The Balaban J connectivity index is 1.41. The number of likely N-dealkylation sites (tertiary alicyclic amines) is 1. The fourth-order valence-corrected chi connectivity index (χ4v) is 4.81. The normalized spacial score (nSPS) is 18.9. The van der Waals surface area contributed by atoms with Gasteiger partial charge in [-0.25, -0.2) is 14.4 Å². The molecular weight excluding hydrogens is 448 g/mol. The van der Waals surface area contributed by atoms with Crippen molar-refractivity contribution in [1.29, 1.82) is 0 Å². The zero-order valence-electron chi connectivity index (χ0n) is 18.2. The second kappa shape index (κ2) is 8.45. The van der Waals surface area contributed by atoms with Crippen LogP contribution in [-0.4, -0.2) is 38.3 Å². The molecule has 1 amide bonds. The van der Waals surface area contributed by atoms with E-state index in [1.807, 2.05) is 0 Å².